The second-order valence-corrected chi connectivity index (χ2v) is 3.46. The summed E-state index contributed by atoms with van der Waals surface area (Å²) < 4.78 is 0. The van der Waals surface area contributed by atoms with Crippen molar-refractivity contribution in [2.24, 2.45) is 0 Å². The van der Waals surface area contributed by atoms with E-state index in [1.807, 2.05) is 36.6 Å². The van der Waals surface area contributed by atoms with Crippen molar-refractivity contribution in [2.45, 2.75) is 6.42 Å². The highest BCUT2D eigenvalue weighted by Gasteiger charge is 1.96. The summed E-state index contributed by atoms with van der Waals surface area (Å²) in [6.45, 7) is 0. The van der Waals surface area contributed by atoms with E-state index in [2.05, 4.69) is 12.1 Å². The molecule has 0 bridgehead atoms. The van der Waals surface area contributed by atoms with Gasteiger partial charge in [0.1, 0.15) is 0 Å². The Morgan fingerprint density at radius 2 is 1.40 bits per heavy atom. The van der Waals surface area contributed by atoms with E-state index in [9.17, 15) is 4.79 Å². The Bertz CT molecular complexity index is 429. The van der Waals surface area contributed by atoms with Gasteiger partial charge in [-0.15, -0.1) is 0 Å². The quantitative estimate of drug-likeness (QED) is 0.736. The third-order valence-corrected chi connectivity index (χ3v) is 2.32. The molecule has 2 aromatic carbocycles. The summed E-state index contributed by atoms with van der Waals surface area (Å²) >= 11 is 0. The molecule has 0 aromatic heterocycles. The van der Waals surface area contributed by atoms with Crippen LogP contribution in [0.2, 0.25) is 0 Å². The van der Waals surface area contributed by atoms with Gasteiger partial charge in [-0.3, -0.25) is 4.79 Å². The summed E-state index contributed by atoms with van der Waals surface area (Å²) in [5.41, 5.74) is 3.09. The molecule has 2 rings (SSSR count). The number of hydrogen-bond donors (Lipinski definition) is 0. The summed E-state index contributed by atoms with van der Waals surface area (Å²) in [7, 11) is 0. The largest absolute Gasteiger partial charge is 0.285 e. The highest BCUT2D eigenvalue weighted by Crippen LogP contribution is 2.09. The molecule has 15 heavy (non-hydrogen) atoms. The Kier molecular flexibility index (Phi) is 2.93. The molecule has 2 aromatic rings. The van der Waals surface area contributed by atoms with Gasteiger partial charge in [0.15, 0.2) is 0 Å². The zero-order chi connectivity index (χ0) is 10.5. The summed E-state index contributed by atoms with van der Waals surface area (Å²) in [4.78, 5) is 10.4. The molecule has 73 valence electrons. The second-order valence-electron chi connectivity index (χ2n) is 3.46. The van der Waals surface area contributed by atoms with Crippen molar-refractivity contribution < 1.29 is 4.79 Å². The predicted molar refractivity (Wildman–Crippen MR) is 60.5 cm³/mol. The smallest absolute Gasteiger partial charge is 0.233 e. The summed E-state index contributed by atoms with van der Waals surface area (Å²) in [5.74, 6) is 0. The second kappa shape index (κ2) is 4.56. The lowest BCUT2D eigenvalue weighted by Crippen LogP contribution is -1.88. The van der Waals surface area contributed by atoms with Crippen LogP contribution in [0.15, 0.2) is 54.6 Å². The number of carbonyl (C=O) groups excluding carboxylic acids is 1. The van der Waals surface area contributed by atoms with E-state index in [1.54, 1.807) is 12.1 Å². The van der Waals surface area contributed by atoms with Crippen molar-refractivity contribution in [3.05, 3.63) is 71.3 Å². The Morgan fingerprint density at radius 3 is 2.00 bits per heavy atom. The van der Waals surface area contributed by atoms with Crippen molar-refractivity contribution in [1.29, 1.82) is 0 Å². The maximum Gasteiger partial charge on any atom is 0.233 e. The van der Waals surface area contributed by atoms with Gasteiger partial charge in [-0.25, -0.2) is 0 Å². The van der Waals surface area contributed by atoms with Gasteiger partial charge in [-0.1, -0.05) is 54.6 Å². The van der Waals surface area contributed by atoms with Crippen molar-refractivity contribution in [3.63, 3.8) is 0 Å². The highest BCUT2D eigenvalue weighted by atomic mass is 16.1. The van der Waals surface area contributed by atoms with Gasteiger partial charge in [0.25, 0.3) is 0 Å². The third kappa shape index (κ3) is 2.53. The van der Waals surface area contributed by atoms with Gasteiger partial charge in [0.2, 0.25) is 6.29 Å². The van der Waals surface area contributed by atoms with Gasteiger partial charge < -0.3 is 0 Å². The zero-order valence-corrected chi connectivity index (χ0v) is 8.31. The van der Waals surface area contributed by atoms with E-state index in [1.165, 1.54) is 11.1 Å². The van der Waals surface area contributed by atoms with Crippen molar-refractivity contribution >= 4 is 6.29 Å². The average molecular weight is 195 g/mol. The third-order valence-electron chi connectivity index (χ3n) is 2.32. The van der Waals surface area contributed by atoms with E-state index in [0.717, 1.165) is 6.42 Å². The molecule has 0 saturated carbocycles. The van der Waals surface area contributed by atoms with Gasteiger partial charge in [0.05, 0.1) is 0 Å². The predicted octanol–water partition coefficient (Wildman–Crippen LogP) is 2.74. The van der Waals surface area contributed by atoms with Gasteiger partial charge in [-0.2, -0.15) is 0 Å². The van der Waals surface area contributed by atoms with Gasteiger partial charge >= 0.3 is 0 Å². The first-order valence-corrected chi connectivity index (χ1v) is 4.89. The Hall–Kier alpha value is -1.89. The molecule has 0 N–H and O–H groups in total. The maximum absolute atomic E-state index is 10.4. The molecule has 1 heteroatoms. The van der Waals surface area contributed by atoms with E-state index in [0.29, 0.717) is 5.56 Å². The van der Waals surface area contributed by atoms with Crippen LogP contribution in [-0.2, 0) is 11.2 Å². The first-order valence-electron chi connectivity index (χ1n) is 4.89. The zero-order valence-electron chi connectivity index (χ0n) is 8.31. The van der Waals surface area contributed by atoms with Crippen LogP contribution in [0.3, 0.4) is 0 Å². The van der Waals surface area contributed by atoms with Crippen molar-refractivity contribution in [3.8, 4) is 0 Å². The monoisotopic (exact) mass is 195 g/mol. The van der Waals surface area contributed by atoms with Gasteiger partial charge in [-0.05, 0) is 17.5 Å². The molecule has 0 fully saturated rings. The van der Waals surface area contributed by atoms with E-state index in [-0.39, 0.29) is 0 Å². The van der Waals surface area contributed by atoms with Crippen LogP contribution in [0.4, 0.5) is 0 Å². The van der Waals surface area contributed by atoms with Crippen molar-refractivity contribution in [2.75, 3.05) is 0 Å². The molecule has 0 spiro atoms. The first kappa shape index (κ1) is 9.66. The Balaban J connectivity index is 2.15. The Morgan fingerprint density at radius 1 is 0.800 bits per heavy atom. The molecule has 0 amide bonds. The lowest BCUT2D eigenvalue weighted by molar-refractivity contribution is 0.563. The fourth-order valence-corrected chi connectivity index (χ4v) is 1.52. The van der Waals surface area contributed by atoms with Crippen LogP contribution >= 0.6 is 0 Å². The Labute approximate surface area is 89.4 Å². The number of hydrogen-bond acceptors (Lipinski definition) is 1. The van der Waals surface area contributed by atoms with Crippen LogP contribution < -0.4 is 0 Å². The molecular formula is C14H11O. The van der Waals surface area contributed by atoms with Crippen LogP contribution in [0.1, 0.15) is 16.7 Å². The molecule has 0 atom stereocenters. The summed E-state index contributed by atoms with van der Waals surface area (Å²) in [5, 5.41) is 0. The van der Waals surface area contributed by atoms with Gasteiger partial charge in [0, 0.05) is 5.56 Å². The van der Waals surface area contributed by atoms with E-state index < -0.39 is 0 Å². The molecular weight excluding hydrogens is 184 g/mol. The van der Waals surface area contributed by atoms with E-state index >= 15 is 0 Å². The molecule has 0 heterocycles. The van der Waals surface area contributed by atoms with E-state index in [4.69, 9.17) is 0 Å². The number of benzene rings is 2. The molecule has 0 aliphatic carbocycles. The standard InChI is InChI=1S/C14H11O/c15-11-14-8-6-13(7-9-14)10-12-4-2-1-3-5-12/h1-9H,10H2. The molecule has 1 radical (unpaired) electrons. The van der Waals surface area contributed by atoms with Crippen molar-refractivity contribution in [1.82, 2.24) is 0 Å². The normalized spacial score (nSPS) is 9.87. The minimum atomic E-state index is 0.604. The van der Waals surface area contributed by atoms with Crippen LogP contribution in [0.25, 0.3) is 0 Å². The van der Waals surface area contributed by atoms with Crippen LogP contribution in [-0.4, -0.2) is 6.29 Å². The molecule has 1 nitrogen and oxygen atoms in total. The minimum Gasteiger partial charge on any atom is -0.285 e. The molecule has 0 saturated heterocycles. The first-order chi connectivity index (χ1) is 7.38. The fourth-order valence-electron chi connectivity index (χ4n) is 1.52. The molecule has 0 aliphatic rings. The van der Waals surface area contributed by atoms with Crippen LogP contribution in [0, 0.1) is 0 Å². The molecule has 0 unspecified atom stereocenters. The summed E-state index contributed by atoms with van der Waals surface area (Å²) in [6, 6.07) is 17.8. The molecule has 0 aliphatic heterocycles. The highest BCUT2D eigenvalue weighted by molar-refractivity contribution is 5.75. The lowest BCUT2D eigenvalue weighted by Gasteiger charge is -2.01. The summed E-state index contributed by atoms with van der Waals surface area (Å²) in [6.07, 6.45) is 2.77. The minimum absolute atomic E-state index is 0.604. The lowest BCUT2D eigenvalue weighted by atomic mass is 10.0. The number of rotatable bonds is 3. The fraction of sp³-hybridized carbons (Fsp3) is 0.0714. The SMILES string of the molecule is O=[C]c1ccc(Cc2ccccc2)cc1. The maximum atomic E-state index is 10.4. The average Bonchev–Trinajstić information content (AvgIpc) is 2.31. The van der Waals surface area contributed by atoms with Crippen LogP contribution in [0.5, 0.6) is 0 Å². The topological polar surface area (TPSA) is 17.1 Å².